The molecule has 0 saturated carbocycles. The summed E-state index contributed by atoms with van der Waals surface area (Å²) < 4.78 is 23.5. The minimum absolute atomic E-state index is 0.0810. The van der Waals surface area contributed by atoms with Crippen LogP contribution in [0.5, 0.6) is 0 Å². The highest BCUT2D eigenvalue weighted by Crippen LogP contribution is 2.22. The molecule has 3 aromatic heterocycles. The standard InChI is InChI=1S/C12H12N4.C7H6F2.C4H7NO/c1-7-5-9-3-4-11(15-12(9)14-7)10-6-13-16-8(10)2;8-7(9)6-4-2-1-3-5-6;6-4-5-2-1-3-5/h3-6H,1-2H3,(H,13,16)(H,14,15);1-5,7H;4H,1-3H2. The van der Waals surface area contributed by atoms with Crippen LogP contribution >= 0.6 is 0 Å². The number of aromatic nitrogens is 4. The molecular formula is C23H25F2N5O. The van der Waals surface area contributed by atoms with Crippen molar-refractivity contribution in [1.29, 1.82) is 0 Å². The van der Waals surface area contributed by atoms with E-state index in [4.69, 9.17) is 0 Å². The molecule has 1 fully saturated rings. The Kier molecular flexibility index (Phi) is 7.48. The molecule has 4 aromatic rings. The van der Waals surface area contributed by atoms with Crippen molar-refractivity contribution < 1.29 is 13.6 Å². The summed E-state index contributed by atoms with van der Waals surface area (Å²) in [7, 11) is 0. The monoisotopic (exact) mass is 425 g/mol. The average Bonchev–Trinajstić information content (AvgIpc) is 3.32. The molecule has 0 radical (unpaired) electrons. The Morgan fingerprint density at radius 3 is 2.32 bits per heavy atom. The number of carbonyl (C=O) groups is 1. The molecule has 0 spiro atoms. The number of alkyl halides is 2. The van der Waals surface area contributed by atoms with Crippen molar-refractivity contribution >= 4 is 17.4 Å². The van der Waals surface area contributed by atoms with E-state index in [1.54, 1.807) is 29.3 Å². The molecule has 8 heteroatoms. The zero-order valence-corrected chi connectivity index (χ0v) is 17.5. The normalized spacial score (nSPS) is 12.5. The molecule has 1 aromatic carbocycles. The van der Waals surface area contributed by atoms with E-state index >= 15 is 0 Å². The summed E-state index contributed by atoms with van der Waals surface area (Å²) in [5.41, 5.74) is 5.17. The highest BCUT2D eigenvalue weighted by Gasteiger charge is 2.08. The lowest BCUT2D eigenvalue weighted by Gasteiger charge is -2.25. The van der Waals surface area contributed by atoms with Gasteiger partial charge in [0.05, 0.1) is 11.9 Å². The van der Waals surface area contributed by atoms with Crippen LogP contribution in [0.3, 0.4) is 0 Å². The minimum atomic E-state index is -2.34. The number of pyridine rings is 1. The molecule has 0 aliphatic carbocycles. The topological polar surface area (TPSA) is 77.7 Å². The molecule has 31 heavy (non-hydrogen) atoms. The lowest BCUT2D eigenvalue weighted by molar-refractivity contribution is -0.121. The van der Waals surface area contributed by atoms with E-state index in [9.17, 15) is 13.6 Å². The number of fused-ring (bicyclic) bond motifs is 1. The molecule has 1 saturated heterocycles. The smallest absolute Gasteiger partial charge is 0.263 e. The summed E-state index contributed by atoms with van der Waals surface area (Å²) >= 11 is 0. The second-order valence-electron chi connectivity index (χ2n) is 7.20. The van der Waals surface area contributed by atoms with Crippen LogP contribution < -0.4 is 0 Å². The van der Waals surface area contributed by atoms with Gasteiger partial charge < -0.3 is 9.88 Å². The Morgan fingerprint density at radius 2 is 1.84 bits per heavy atom. The van der Waals surface area contributed by atoms with Crippen molar-refractivity contribution in [3.05, 3.63) is 71.7 Å². The van der Waals surface area contributed by atoms with Crippen LogP contribution in [0.2, 0.25) is 0 Å². The molecule has 5 rings (SSSR count). The molecule has 0 bridgehead atoms. The Morgan fingerprint density at radius 1 is 1.10 bits per heavy atom. The van der Waals surface area contributed by atoms with Gasteiger partial charge in [0.1, 0.15) is 5.65 Å². The second kappa shape index (κ2) is 10.5. The van der Waals surface area contributed by atoms with Crippen molar-refractivity contribution in [1.82, 2.24) is 25.1 Å². The van der Waals surface area contributed by atoms with Crippen LogP contribution in [0.1, 0.15) is 29.8 Å². The van der Waals surface area contributed by atoms with Gasteiger partial charge in [-0.05, 0) is 38.5 Å². The van der Waals surface area contributed by atoms with Gasteiger partial charge in [-0.2, -0.15) is 5.10 Å². The molecule has 4 heterocycles. The second-order valence-corrected chi connectivity index (χ2v) is 7.20. The van der Waals surface area contributed by atoms with Crippen LogP contribution in [-0.2, 0) is 4.79 Å². The van der Waals surface area contributed by atoms with Gasteiger partial charge in [0.2, 0.25) is 6.41 Å². The number of hydrogen-bond acceptors (Lipinski definition) is 3. The number of nitrogens with zero attached hydrogens (tertiary/aromatic N) is 3. The van der Waals surface area contributed by atoms with E-state index in [1.165, 1.54) is 18.6 Å². The van der Waals surface area contributed by atoms with Crippen LogP contribution in [0.4, 0.5) is 8.78 Å². The van der Waals surface area contributed by atoms with Gasteiger partial charge in [0, 0.05) is 41.0 Å². The number of nitrogens with one attached hydrogen (secondary N) is 2. The van der Waals surface area contributed by atoms with E-state index in [0.29, 0.717) is 0 Å². The highest BCUT2D eigenvalue weighted by molar-refractivity contribution is 5.80. The van der Waals surface area contributed by atoms with Gasteiger partial charge in [-0.15, -0.1) is 0 Å². The van der Waals surface area contributed by atoms with Crippen LogP contribution in [-0.4, -0.2) is 44.6 Å². The molecule has 6 nitrogen and oxygen atoms in total. The van der Waals surface area contributed by atoms with Crippen molar-refractivity contribution in [2.75, 3.05) is 13.1 Å². The molecule has 1 aliphatic heterocycles. The zero-order valence-electron chi connectivity index (χ0n) is 17.5. The summed E-state index contributed by atoms with van der Waals surface area (Å²) in [6.45, 7) is 5.98. The largest absolute Gasteiger partial charge is 0.345 e. The first-order valence-corrected chi connectivity index (χ1v) is 9.97. The maximum absolute atomic E-state index is 11.8. The van der Waals surface area contributed by atoms with Gasteiger partial charge in [-0.1, -0.05) is 30.3 Å². The SMILES string of the molecule is Cc1cc2ccc(-c3cn[nH]c3C)nc2[nH]1.FC(F)c1ccccc1.O=CN1CCC1. The molecule has 162 valence electrons. The number of benzene rings is 1. The third-order valence-electron chi connectivity index (χ3n) is 4.81. The number of carbonyl (C=O) groups excluding carboxylic acids is 1. The summed E-state index contributed by atoms with van der Waals surface area (Å²) in [4.78, 5) is 19.3. The summed E-state index contributed by atoms with van der Waals surface area (Å²) in [5, 5.41) is 8.07. The van der Waals surface area contributed by atoms with Crippen LogP contribution in [0, 0.1) is 13.8 Å². The van der Waals surface area contributed by atoms with E-state index in [0.717, 1.165) is 53.2 Å². The Balaban J connectivity index is 0.000000153. The maximum Gasteiger partial charge on any atom is 0.263 e. The predicted octanol–water partition coefficient (Wildman–Crippen LogP) is 5.04. The summed E-state index contributed by atoms with van der Waals surface area (Å²) in [5.74, 6) is 0. The predicted molar refractivity (Wildman–Crippen MR) is 117 cm³/mol. The molecule has 1 aliphatic rings. The molecule has 1 amide bonds. The lowest BCUT2D eigenvalue weighted by atomic mass is 10.1. The fraction of sp³-hybridized carbons (Fsp3) is 0.261. The molecular weight excluding hydrogens is 400 g/mol. The number of H-pyrrole nitrogens is 2. The van der Waals surface area contributed by atoms with E-state index < -0.39 is 6.43 Å². The van der Waals surface area contributed by atoms with Crippen LogP contribution in [0.15, 0.2) is 54.7 Å². The van der Waals surface area contributed by atoms with E-state index in [2.05, 4.69) is 32.3 Å². The van der Waals surface area contributed by atoms with Crippen LogP contribution in [0.25, 0.3) is 22.3 Å². The van der Waals surface area contributed by atoms with Crippen molar-refractivity contribution in [3.8, 4) is 11.3 Å². The maximum atomic E-state index is 11.8. The third-order valence-corrected chi connectivity index (χ3v) is 4.81. The third kappa shape index (κ3) is 5.97. The van der Waals surface area contributed by atoms with Gasteiger partial charge >= 0.3 is 0 Å². The first-order chi connectivity index (χ1) is 15.0. The Hall–Kier alpha value is -3.55. The van der Waals surface area contributed by atoms with Crippen molar-refractivity contribution in [3.63, 3.8) is 0 Å². The molecule has 0 atom stereocenters. The number of halogens is 2. The first kappa shape index (κ1) is 22.1. The number of rotatable bonds is 3. The number of aromatic amines is 2. The highest BCUT2D eigenvalue weighted by atomic mass is 19.3. The lowest BCUT2D eigenvalue weighted by Crippen LogP contribution is -2.35. The Bertz CT molecular complexity index is 1100. The number of amides is 1. The van der Waals surface area contributed by atoms with Gasteiger partial charge in [-0.25, -0.2) is 13.8 Å². The Labute approximate surface area is 179 Å². The number of likely N-dealkylation sites (tertiary alicyclic amines) is 1. The molecule has 2 N–H and O–H groups in total. The quantitative estimate of drug-likeness (QED) is 0.451. The van der Waals surface area contributed by atoms with Gasteiger partial charge in [-0.3, -0.25) is 9.89 Å². The van der Waals surface area contributed by atoms with Crippen molar-refractivity contribution in [2.24, 2.45) is 0 Å². The van der Waals surface area contributed by atoms with Gasteiger partial charge in [0.15, 0.2) is 0 Å². The number of hydrogen-bond donors (Lipinski definition) is 2. The summed E-state index contributed by atoms with van der Waals surface area (Å²) in [6.07, 6.45) is 1.55. The fourth-order valence-corrected chi connectivity index (χ4v) is 2.95. The first-order valence-electron chi connectivity index (χ1n) is 9.97. The molecule has 0 unspecified atom stereocenters. The van der Waals surface area contributed by atoms with Gasteiger partial charge in [0.25, 0.3) is 6.43 Å². The minimum Gasteiger partial charge on any atom is -0.345 e. The fourth-order valence-electron chi connectivity index (χ4n) is 2.95. The van der Waals surface area contributed by atoms with E-state index in [-0.39, 0.29) is 5.56 Å². The van der Waals surface area contributed by atoms with Crippen molar-refractivity contribution in [2.45, 2.75) is 26.7 Å². The average molecular weight is 425 g/mol. The summed E-state index contributed by atoms with van der Waals surface area (Å²) in [6, 6.07) is 13.9. The number of aryl methyl sites for hydroxylation is 2. The zero-order chi connectivity index (χ0) is 22.2. The van der Waals surface area contributed by atoms with E-state index in [1.807, 2.05) is 19.9 Å².